The molecule has 0 heterocycles. The summed E-state index contributed by atoms with van der Waals surface area (Å²) < 4.78 is 43.1. The number of ether oxygens (including phenoxy) is 1. The summed E-state index contributed by atoms with van der Waals surface area (Å²) in [6.45, 7) is 0.433. The maximum Gasteiger partial charge on any atom is 0.416 e. The van der Waals surface area contributed by atoms with Gasteiger partial charge in [-0.2, -0.15) is 13.2 Å². The highest BCUT2D eigenvalue weighted by Gasteiger charge is 2.30. The Labute approximate surface area is 137 Å². The Morgan fingerprint density at radius 3 is 2.57 bits per heavy atom. The molecule has 7 heteroatoms. The summed E-state index contributed by atoms with van der Waals surface area (Å²) in [6.07, 6.45) is -4.38. The van der Waals surface area contributed by atoms with Crippen LogP contribution in [0.25, 0.3) is 0 Å². The molecule has 2 aromatic rings. The Balaban J connectivity index is 1.94. The summed E-state index contributed by atoms with van der Waals surface area (Å²) >= 11 is 5.10. The number of hydrogen-bond donors (Lipinski definition) is 2. The van der Waals surface area contributed by atoms with Gasteiger partial charge in [-0.3, -0.25) is 0 Å². The number of alkyl halides is 3. The van der Waals surface area contributed by atoms with Crippen LogP contribution in [0.3, 0.4) is 0 Å². The third kappa shape index (κ3) is 5.14. The molecule has 0 unspecified atom stereocenters. The van der Waals surface area contributed by atoms with Gasteiger partial charge in [0, 0.05) is 12.2 Å². The number of halogens is 3. The first kappa shape index (κ1) is 17.1. The smallest absolute Gasteiger partial charge is 0.416 e. The Hall–Kier alpha value is -2.28. The molecule has 0 saturated heterocycles. The van der Waals surface area contributed by atoms with Crippen LogP contribution in [0.1, 0.15) is 11.1 Å². The number of anilines is 1. The minimum atomic E-state index is -4.38. The van der Waals surface area contributed by atoms with E-state index in [-0.39, 0.29) is 10.8 Å². The van der Waals surface area contributed by atoms with E-state index in [1.807, 2.05) is 24.3 Å². The average Bonchev–Trinajstić information content (AvgIpc) is 2.52. The molecule has 0 saturated carbocycles. The largest absolute Gasteiger partial charge is 0.497 e. The summed E-state index contributed by atoms with van der Waals surface area (Å²) in [5.41, 5.74) is 0.499. The first-order valence-corrected chi connectivity index (χ1v) is 7.14. The maximum atomic E-state index is 12.7. The maximum absolute atomic E-state index is 12.7. The van der Waals surface area contributed by atoms with E-state index in [4.69, 9.17) is 17.0 Å². The Kier molecular flexibility index (Phi) is 5.44. The summed E-state index contributed by atoms with van der Waals surface area (Å²) in [7, 11) is 1.58. The third-order valence-corrected chi connectivity index (χ3v) is 3.28. The van der Waals surface area contributed by atoms with Crippen LogP contribution >= 0.6 is 12.2 Å². The molecule has 2 aromatic carbocycles. The van der Waals surface area contributed by atoms with Crippen LogP contribution in [0.2, 0.25) is 0 Å². The number of methoxy groups -OCH3 is 1. The summed E-state index contributed by atoms with van der Waals surface area (Å²) in [6, 6.07) is 12.3. The first-order chi connectivity index (χ1) is 10.9. The lowest BCUT2D eigenvalue weighted by molar-refractivity contribution is -0.137. The van der Waals surface area contributed by atoms with Crippen molar-refractivity contribution in [2.75, 3.05) is 12.4 Å². The van der Waals surface area contributed by atoms with Crippen molar-refractivity contribution in [3.8, 4) is 5.75 Å². The molecule has 2 N–H and O–H groups in total. The zero-order valence-corrected chi connectivity index (χ0v) is 13.1. The van der Waals surface area contributed by atoms with Gasteiger partial charge in [-0.15, -0.1) is 0 Å². The normalized spacial score (nSPS) is 11.0. The van der Waals surface area contributed by atoms with Crippen LogP contribution in [-0.2, 0) is 12.7 Å². The summed E-state index contributed by atoms with van der Waals surface area (Å²) in [5.74, 6) is 0.723. The van der Waals surface area contributed by atoms with Crippen molar-refractivity contribution in [2.45, 2.75) is 12.7 Å². The predicted octanol–water partition coefficient (Wildman–Crippen LogP) is 4.20. The average molecular weight is 340 g/mol. The van der Waals surface area contributed by atoms with E-state index in [2.05, 4.69) is 10.6 Å². The van der Waals surface area contributed by atoms with Crippen molar-refractivity contribution in [1.82, 2.24) is 5.32 Å². The number of benzene rings is 2. The molecule has 122 valence electrons. The minimum absolute atomic E-state index is 0.243. The molecule has 0 spiro atoms. The molecule has 0 fully saturated rings. The molecule has 0 aliphatic carbocycles. The Morgan fingerprint density at radius 1 is 1.13 bits per heavy atom. The van der Waals surface area contributed by atoms with Gasteiger partial charge in [-0.1, -0.05) is 18.2 Å². The van der Waals surface area contributed by atoms with Gasteiger partial charge in [0.2, 0.25) is 0 Å². The number of rotatable bonds is 4. The Morgan fingerprint density at radius 2 is 1.87 bits per heavy atom. The Bertz CT molecular complexity index is 689. The van der Waals surface area contributed by atoms with Gasteiger partial charge in [0.25, 0.3) is 0 Å². The molecule has 0 bridgehead atoms. The minimum Gasteiger partial charge on any atom is -0.497 e. The van der Waals surface area contributed by atoms with E-state index in [9.17, 15) is 13.2 Å². The quantitative estimate of drug-likeness (QED) is 0.818. The molecule has 3 nitrogen and oxygen atoms in total. The van der Waals surface area contributed by atoms with Crippen molar-refractivity contribution in [1.29, 1.82) is 0 Å². The van der Waals surface area contributed by atoms with Crippen molar-refractivity contribution in [3.05, 3.63) is 59.7 Å². The van der Waals surface area contributed by atoms with Gasteiger partial charge in [0.15, 0.2) is 5.11 Å². The lowest BCUT2D eigenvalue weighted by Crippen LogP contribution is -2.28. The van der Waals surface area contributed by atoms with Gasteiger partial charge >= 0.3 is 6.18 Å². The van der Waals surface area contributed by atoms with Crippen LogP contribution in [0.4, 0.5) is 18.9 Å². The van der Waals surface area contributed by atoms with Crippen LogP contribution in [0, 0.1) is 0 Å². The fraction of sp³-hybridized carbons (Fsp3) is 0.188. The molecular weight excluding hydrogens is 325 g/mol. The van der Waals surface area contributed by atoms with Gasteiger partial charge in [0.1, 0.15) is 5.75 Å². The van der Waals surface area contributed by atoms with Crippen LogP contribution in [0.15, 0.2) is 48.5 Å². The summed E-state index contributed by atoms with van der Waals surface area (Å²) in [5, 5.41) is 5.93. The lowest BCUT2D eigenvalue weighted by atomic mass is 10.2. The number of thiocarbonyl (C=S) groups is 1. The fourth-order valence-corrected chi connectivity index (χ4v) is 2.10. The zero-order chi connectivity index (χ0) is 16.9. The van der Waals surface area contributed by atoms with Crippen LogP contribution in [-0.4, -0.2) is 12.2 Å². The second-order valence-corrected chi connectivity index (χ2v) is 5.15. The van der Waals surface area contributed by atoms with E-state index >= 15 is 0 Å². The molecule has 0 radical (unpaired) electrons. The van der Waals surface area contributed by atoms with Crippen molar-refractivity contribution < 1.29 is 17.9 Å². The molecule has 0 aromatic heterocycles. The van der Waals surface area contributed by atoms with Gasteiger partial charge in [-0.25, -0.2) is 0 Å². The topological polar surface area (TPSA) is 33.3 Å². The molecule has 0 aliphatic rings. The van der Waals surface area contributed by atoms with Crippen LogP contribution < -0.4 is 15.4 Å². The molecule has 0 amide bonds. The SMILES string of the molecule is COc1cccc(CNC(=S)Nc2cccc(C(F)(F)F)c2)c1. The van der Waals surface area contributed by atoms with Gasteiger partial charge in [0.05, 0.1) is 12.7 Å². The highest BCUT2D eigenvalue weighted by molar-refractivity contribution is 7.80. The second-order valence-electron chi connectivity index (χ2n) is 4.74. The molecule has 23 heavy (non-hydrogen) atoms. The van der Waals surface area contributed by atoms with E-state index < -0.39 is 11.7 Å². The highest BCUT2D eigenvalue weighted by Crippen LogP contribution is 2.30. The van der Waals surface area contributed by atoms with Gasteiger partial charge < -0.3 is 15.4 Å². The monoisotopic (exact) mass is 340 g/mol. The van der Waals surface area contributed by atoms with Crippen LogP contribution in [0.5, 0.6) is 5.75 Å². The van der Waals surface area contributed by atoms with Crippen molar-refractivity contribution in [2.24, 2.45) is 0 Å². The second kappa shape index (κ2) is 7.32. The van der Waals surface area contributed by atoms with E-state index in [1.165, 1.54) is 12.1 Å². The van der Waals surface area contributed by atoms with E-state index in [0.29, 0.717) is 6.54 Å². The van der Waals surface area contributed by atoms with E-state index in [0.717, 1.165) is 23.4 Å². The standard InChI is InChI=1S/C16H15F3N2OS/c1-22-14-7-2-4-11(8-14)10-20-15(23)21-13-6-3-5-12(9-13)16(17,18)19/h2-9H,10H2,1H3,(H2,20,21,23). The van der Waals surface area contributed by atoms with E-state index in [1.54, 1.807) is 7.11 Å². The van der Waals surface area contributed by atoms with Crippen molar-refractivity contribution >= 4 is 23.0 Å². The number of nitrogens with one attached hydrogen (secondary N) is 2. The van der Waals surface area contributed by atoms with Gasteiger partial charge in [-0.05, 0) is 48.1 Å². The first-order valence-electron chi connectivity index (χ1n) is 6.73. The number of hydrogen-bond acceptors (Lipinski definition) is 2. The van der Waals surface area contributed by atoms with Crippen molar-refractivity contribution in [3.63, 3.8) is 0 Å². The molecule has 0 atom stereocenters. The zero-order valence-electron chi connectivity index (χ0n) is 12.3. The predicted molar refractivity (Wildman–Crippen MR) is 87.5 cm³/mol. The third-order valence-electron chi connectivity index (χ3n) is 3.03. The molecule has 2 rings (SSSR count). The fourth-order valence-electron chi connectivity index (χ4n) is 1.91. The molecule has 0 aliphatic heterocycles. The lowest BCUT2D eigenvalue weighted by Gasteiger charge is -2.13. The molecular formula is C16H15F3N2OS. The highest BCUT2D eigenvalue weighted by atomic mass is 32.1. The summed E-state index contributed by atoms with van der Waals surface area (Å²) in [4.78, 5) is 0.